The number of nitrogens with one attached hydrogen (secondary N) is 1. The molecule has 0 saturated carbocycles. The summed E-state index contributed by atoms with van der Waals surface area (Å²) in [5, 5.41) is 12.2. The van der Waals surface area contributed by atoms with Crippen molar-refractivity contribution in [1.82, 2.24) is 0 Å². The molecule has 2 aliphatic rings. The van der Waals surface area contributed by atoms with E-state index >= 15 is 0 Å². The molecule has 2 heterocycles. The van der Waals surface area contributed by atoms with Crippen LogP contribution in [0.2, 0.25) is 0 Å². The van der Waals surface area contributed by atoms with Gasteiger partial charge in [0, 0.05) is 18.8 Å². The second-order valence-corrected chi connectivity index (χ2v) is 9.05. The van der Waals surface area contributed by atoms with Crippen LogP contribution in [0, 0.1) is 6.92 Å². The molecule has 1 saturated heterocycles. The van der Waals surface area contributed by atoms with E-state index in [2.05, 4.69) is 10.2 Å². The molecule has 0 unspecified atom stereocenters. The number of imide groups is 1. The van der Waals surface area contributed by atoms with Gasteiger partial charge in [-0.15, -0.1) is 0 Å². The first-order valence-corrected chi connectivity index (χ1v) is 11.9. The smallest absolute Gasteiger partial charge is 0.335 e. The summed E-state index contributed by atoms with van der Waals surface area (Å²) in [5.41, 5.74) is 2.71. The Morgan fingerprint density at radius 2 is 1.56 bits per heavy atom. The lowest BCUT2D eigenvalue weighted by atomic mass is 10.0. The Morgan fingerprint density at radius 1 is 0.861 bits per heavy atom. The van der Waals surface area contributed by atoms with Gasteiger partial charge in [0.05, 0.1) is 33.6 Å². The van der Waals surface area contributed by atoms with Crippen molar-refractivity contribution >= 4 is 40.8 Å². The van der Waals surface area contributed by atoms with Crippen molar-refractivity contribution in [2.75, 3.05) is 28.2 Å². The van der Waals surface area contributed by atoms with Gasteiger partial charge in [-0.2, -0.15) is 0 Å². The van der Waals surface area contributed by atoms with E-state index in [4.69, 9.17) is 0 Å². The Hall–Kier alpha value is -4.46. The van der Waals surface area contributed by atoms with Gasteiger partial charge in [0.25, 0.3) is 17.7 Å². The summed E-state index contributed by atoms with van der Waals surface area (Å²) < 4.78 is 0. The van der Waals surface area contributed by atoms with Gasteiger partial charge in [0.1, 0.15) is 0 Å². The Balaban J connectivity index is 1.62. The summed E-state index contributed by atoms with van der Waals surface area (Å²) >= 11 is 0. The maximum Gasteiger partial charge on any atom is 0.335 e. The number of rotatable bonds is 5. The van der Waals surface area contributed by atoms with Crippen molar-refractivity contribution in [1.29, 1.82) is 0 Å². The Kier molecular flexibility index (Phi) is 6.01. The molecule has 1 fully saturated rings. The number of para-hydroxylation sites is 1. The number of benzene rings is 3. The zero-order chi connectivity index (χ0) is 25.4. The zero-order valence-electron chi connectivity index (χ0n) is 19.8. The molecule has 0 aliphatic carbocycles. The van der Waals surface area contributed by atoms with E-state index in [0.29, 0.717) is 11.4 Å². The fourth-order valence-corrected chi connectivity index (χ4v) is 4.75. The number of carboxylic acids is 1. The van der Waals surface area contributed by atoms with E-state index in [0.717, 1.165) is 42.8 Å². The number of aromatic carboxylic acids is 1. The number of hydrogen-bond donors (Lipinski definition) is 2. The topological polar surface area (TPSA) is 107 Å². The predicted octanol–water partition coefficient (Wildman–Crippen LogP) is 4.74. The van der Waals surface area contributed by atoms with E-state index in [9.17, 15) is 24.3 Å². The van der Waals surface area contributed by atoms with E-state index in [1.807, 2.05) is 25.1 Å². The van der Waals surface area contributed by atoms with Crippen LogP contribution in [-0.2, 0) is 0 Å². The summed E-state index contributed by atoms with van der Waals surface area (Å²) in [6.07, 6.45) is 3.01. The normalized spacial score (nSPS) is 15.1. The number of carboxylic acid groups (broad SMARTS) is 1. The van der Waals surface area contributed by atoms with Crippen LogP contribution in [0.5, 0.6) is 0 Å². The highest BCUT2D eigenvalue weighted by atomic mass is 16.4. The van der Waals surface area contributed by atoms with Crippen LogP contribution in [0.25, 0.3) is 0 Å². The van der Waals surface area contributed by atoms with Gasteiger partial charge >= 0.3 is 5.97 Å². The molecule has 0 radical (unpaired) electrons. The molecule has 8 heteroatoms. The highest BCUT2D eigenvalue weighted by Crippen LogP contribution is 2.39. The highest BCUT2D eigenvalue weighted by molar-refractivity contribution is 6.36. The molecule has 0 spiro atoms. The number of carbonyl (C=O) groups is 4. The fraction of sp³-hybridized carbons (Fsp3) is 0.214. The monoisotopic (exact) mass is 483 g/mol. The Labute approximate surface area is 208 Å². The molecule has 0 bridgehead atoms. The minimum Gasteiger partial charge on any atom is -0.478 e. The van der Waals surface area contributed by atoms with Gasteiger partial charge in [0.2, 0.25) is 0 Å². The average molecular weight is 484 g/mol. The van der Waals surface area contributed by atoms with Crippen molar-refractivity contribution in [2.24, 2.45) is 0 Å². The Bertz CT molecular complexity index is 1390. The second kappa shape index (κ2) is 9.30. The minimum absolute atomic E-state index is 0.0123. The Morgan fingerprint density at radius 3 is 2.25 bits per heavy atom. The van der Waals surface area contributed by atoms with Crippen LogP contribution >= 0.6 is 0 Å². The van der Waals surface area contributed by atoms with Gasteiger partial charge in [-0.3, -0.25) is 14.4 Å². The van der Waals surface area contributed by atoms with Gasteiger partial charge in [0.15, 0.2) is 0 Å². The maximum atomic E-state index is 13.5. The van der Waals surface area contributed by atoms with Gasteiger partial charge in [-0.05, 0) is 68.7 Å². The molecule has 182 valence electrons. The lowest BCUT2D eigenvalue weighted by Gasteiger charge is -2.33. The fourth-order valence-electron chi connectivity index (χ4n) is 4.75. The molecular formula is C28H25N3O5. The number of aryl methyl sites for hydroxylation is 1. The minimum atomic E-state index is -1.19. The van der Waals surface area contributed by atoms with E-state index in [1.54, 1.807) is 24.3 Å². The van der Waals surface area contributed by atoms with E-state index < -0.39 is 23.7 Å². The van der Waals surface area contributed by atoms with Gasteiger partial charge < -0.3 is 15.3 Å². The van der Waals surface area contributed by atoms with Crippen LogP contribution in [0.15, 0.2) is 60.7 Å². The quantitative estimate of drug-likeness (QED) is 0.508. The largest absolute Gasteiger partial charge is 0.478 e. The second-order valence-electron chi connectivity index (χ2n) is 9.05. The molecule has 2 aliphatic heterocycles. The predicted molar refractivity (Wildman–Crippen MR) is 136 cm³/mol. The first-order valence-electron chi connectivity index (χ1n) is 11.9. The SMILES string of the molecule is Cc1ccc(NC(=O)c2cccc(N3CCCCC3)c2N2C(=O)c3ccc(C(=O)O)cc3C2=O)cc1. The third-order valence-electron chi connectivity index (χ3n) is 6.62. The molecule has 8 nitrogen and oxygen atoms in total. The summed E-state index contributed by atoms with van der Waals surface area (Å²) in [6, 6.07) is 16.4. The van der Waals surface area contributed by atoms with Crippen LogP contribution in [-0.4, -0.2) is 41.9 Å². The number of amides is 3. The standard InChI is InChI=1S/C28H25N3O5/c1-17-8-11-19(12-9-17)29-25(32)21-6-5-7-23(30-14-3-2-4-15-30)24(21)31-26(33)20-13-10-18(28(35)36)16-22(20)27(31)34/h5-13,16H,2-4,14-15H2,1H3,(H,29,32)(H,35,36). The van der Waals surface area contributed by atoms with Crippen LogP contribution < -0.4 is 15.1 Å². The summed E-state index contributed by atoms with van der Waals surface area (Å²) in [6.45, 7) is 3.43. The maximum absolute atomic E-state index is 13.5. The van der Waals surface area contributed by atoms with Crippen LogP contribution in [0.4, 0.5) is 17.1 Å². The van der Waals surface area contributed by atoms with Crippen LogP contribution in [0.3, 0.4) is 0 Å². The summed E-state index contributed by atoms with van der Waals surface area (Å²) in [4.78, 5) is 55.1. The molecule has 3 amide bonds. The molecule has 3 aromatic carbocycles. The number of fused-ring (bicyclic) bond motifs is 1. The zero-order valence-corrected chi connectivity index (χ0v) is 19.8. The van der Waals surface area contributed by atoms with E-state index in [-0.39, 0.29) is 27.9 Å². The number of anilines is 3. The highest BCUT2D eigenvalue weighted by Gasteiger charge is 2.41. The summed E-state index contributed by atoms with van der Waals surface area (Å²) in [5.74, 6) is -2.87. The lowest BCUT2D eigenvalue weighted by Crippen LogP contribution is -2.36. The number of piperidine rings is 1. The number of nitrogens with zero attached hydrogens (tertiary/aromatic N) is 2. The first-order chi connectivity index (χ1) is 17.3. The summed E-state index contributed by atoms with van der Waals surface area (Å²) in [7, 11) is 0. The molecule has 3 aromatic rings. The van der Waals surface area contributed by atoms with Crippen molar-refractivity contribution in [3.05, 3.63) is 88.5 Å². The molecule has 36 heavy (non-hydrogen) atoms. The van der Waals surface area contributed by atoms with Crippen molar-refractivity contribution < 1.29 is 24.3 Å². The van der Waals surface area contributed by atoms with Gasteiger partial charge in [-0.25, -0.2) is 9.69 Å². The molecule has 0 atom stereocenters. The molecule has 0 aromatic heterocycles. The van der Waals surface area contributed by atoms with Crippen molar-refractivity contribution in [3.63, 3.8) is 0 Å². The third-order valence-corrected chi connectivity index (χ3v) is 6.62. The number of hydrogen-bond acceptors (Lipinski definition) is 5. The average Bonchev–Trinajstić information content (AvgIpc) is 3.14. The van der Waals surface area contributed by atoms with E-state index in [1.165, 1.54) is 18.2 Å². The molecular weight excluding hydrogens is 458 g/mol. The van der Waals surface area contributed by atoms with Crippen LogP contribution in [0.1, 0.15) is 66.3 Å². The molecule has 5 rings (SSSR count). The lowest BCUT2D eigenvalue weighted by molar-refractivity contribution is 0.0696. The third kappa shape index (κ3) is 4.11. The van der Waals surface area contributed by atoms with Gasteiger partial charge in [-0.1, -0.05) is 23.8 Å². The van der Waals surface area contributed by atoms with Crippen molar-refractivity contribution in [3.8, 4) is 0 Å². The molecule has 2 N–H and O–H groups in total. The number of carbonyl (C=O) groups excluding carboxylic acids is 3. The van der Waals surface area contributed by atoms with Crippen molar-refractivity contribution in [2.45, 2.75) is 26.2 Å². The first kappa shape index (κ1) is 23.3.